The summed E-state index contributed by atoms with van der Waals surface area (Å²) in [6.07, 6.45) is 3.87. The molecule has 4 aliphatic rings. The van der Waals surface area contributed by atoms with Crippen LogP contribution in [0.3, 0.4) is 0 Å². The maximum absolute atomic E-state index is 14.3. The van der Waals surface area contributed by atoms with E-state index in [1.165, 1.54) is 6.07 Å². The second-order valence-electron chi connectivity index (χ2n) is 9.82. The number of rotatable bonds is 5. The van der Waals surface area contributed by atoms with Gasteiger partial charge in [-0.05, 0) is 68.0 Å². The van der Waals surface area contributed by atoms with Gasteiger partial charge in [0.1, 0.15) is 5.82 Å². The predicted octanol–water partition coefficient (Wildman–Crippen LogP) is 3.37. The first-order chi connectivity index (χ1) is 15.2. The summed E-state index contributed by atoms with van der Waals surface area (Å²) in [6.45, 7) is -0.00925. The second kappa shape index (κ2) is 8.01. The number of carbonyl (C=O) groups is 2. The number of nitrogens with one attached hydrogen (secondary N) is 3. The maximum Gasteiger partial charge on any atom is 0.280 e. The van der Waals surface area contributed by atoms with Crippen molar-refractivity contribution >= 4 is 27.7 Å². The fraction of sp³-hybridized carbons (Fsp3) is 0.652. The molecule has 2 amide bonds. The molecule has 1 unspecified atom stereocenters. The SMILES string of the molecule is O=C(NC1CCNCC1(F)F)[C@H]1[C@H](C(=O)NCc2ccc(Br)cc2F)[C@@H]2CC[C@H]1C21CC1. The molecular weight excluding hydrogens is 487 g/mol. The van der Waals surface area contributed by atoms with Gasteiger partial charge in [0, 0.05) is 16.6 Å². The Bertz CT molecular complexity index is 939. The van der Waals surface area contributed by atoms with E-state index < -0.39 is 42.1 Å². The Morgan fingerprint density at radius 3 is 2.41 bits per heavy atom. The number of alkyl halides is 2. The molecule has 1 aromatic carbocycles. The summed E-state index contributed by atoms with van der Waals surface area (Å²) in [5.74, 6) is -5.14. The molecule has 5 nitrogen and oxygen atoms in total. The van der Waals surface area contributed by atoms with Crippen LogP contribution in [0.15, 0.2) is 22.7 Å². The summed E-state index contributed by atoms with van der Waals surface area (Å²) in [6, 6.07) is 3.43. The third kappa shape index (κ3) is 3.65. The summed E-state index contributed by atoms with van der Waals surface area (Å²) in [5.41, 5.74) is 0.366. The summed E-state index contributed by atoms with van der Waals surface area (Å²) >= 11 is 3.22. The predicted molar refractivity (Wildman–Crippen MR) is 115 cm³/mol. The molecule has 32 heavy (non-hydrogen) atoms. The monoisotopic (exact) mass is 513 g/mol. The van der Waals surface area contributed by atoms with Gasteiger partial charge in [0.25, 0.3) is 5.92 Å². The molecule has 2 bridgehead atoms. The standard InChI is InChI=1S/C23H27BrF3N3O2/c24-13-2-1-12(16(25)9-13)10-29-20(31)18-14-3-4-15(22(14)6-7-22)19(18)21(32)30-17-5-8-28-11-23(17,26)27/h1-2,9,14-15,17-19,28H,3-8,10-11H2,(H,29,31)(H,30,32)/t14-,15+,17?,18+,19+/m0/s1. The van der Waals surface area contributed by atoms with Crippen molar-refractivity contribution in [3.05, 3.63) is 34.1 Å². The molecule has 1 aromatic rings. The van der Waals surface area contributed by atoms with Crippen LogP contribution in [0.1, 0.15) is 37.7 Å². The molecule has 1 saturated heterocycles. The molecule has 3 saturated carbocycles. The summed E-state index contributed by atoms with van der Waals surface area (Å²) < 4.78 is 43.4. The van der Waals surface area contributed by atoms with Crippen molar-refractivity contribution in [2.45, 2.75) is 50.6 Å². The normalized spacial score (nSPS) is 33.8. The van der Waals surface area contributed by atoms with E-state index in [-0.39, 0.29) is 36.1 Å². The van der Waals surface area contributed by atoms with Crippen molar-refractivity contribution in [1.29, 1.82) is 0 Å². The van der Waals surface area contributed by atoms with Crippen molar-refractivity contribution in [3.8, 4) is 0 Å². The number of amides is 2. The van der Waals surface area contributed by atoms with Crippen LogP contribution in [0.5, 0.6) is 0 Å². The van der Waals surface area contributed by atoms with Crippen molar-refractivity contribution in [2.75, 3.05) is 13.1 Å². The first-order valence-corrected chi connectivity index (χ1v) is 12.1. The van der Waals surface area contributed by atoms with Gasteiger partial charge in [-0.3, -0.25) is 9.59 Å². The van der Waals surface area contributed by atoms with Gasteiger partial charge >= 0.3 is 0 Å². The lowest BCUT2D eigenvalue weighted by molar-refractivity contribution is -0.140. The zero-order valence-corrected chi connectivity index (χ0v) is 19.2. The Morgan fingerprint density at radius 1 is 1.09 bits per heavy atom. The largest absolute Gasteiger partial charge is 0.352 e. The van der Waals surface area contributed by atoms with E-state index >= 15 is 0 Å². The minimum atomic E-state index is -3.01. The molecule has 0 aromatic heterocycles. The lowest BCUT2D eigenvalue weighted by Crippen LogP contribution is -2.59. The third-order valence-electron chi connectivity index (χ3n) is 8.22. The highest BCUT2D eigenvalue weighted by atomic mass is 79.9. The van der Waals surface area contributed by atoms with Crippen LogP contribution in [0, 0.1) is 34.9 Å². The van der Waals surface area contributed by atoms with Gasteiger partial charge in [-0.2, -0.15) is 0 Å². The van der Waals surface area contributed by atoms with Crippen LogP contribution < -0.4 is 16.0 Å². The molecule has 9 heteroatoms. The van der Waals surface area contributed by atoms with Gasteiger partial charge in [-0.25, -0.2) is 13.2 Å². The van der Waals surface area contributed by atoms with Crippen molar-refractivity contribution in [3.63, 3.8) is 0 Å². The van der Waals surface area contributed by atoms with Crippen LogP contribution in [-0.4, -0.2) is 36.9 Å². The molecule has 1 spiro atoms. The summed E-state index contributed by atoms with van der Waals surface area (Å²) in [5, 5.41) is 8.09. The van der Waals surface area contributed by atoms with Crippen LogP contribution in [-0.2, 0) is 16.1 Å². The molecule has 3 N–H and O–H groups in total. The van der Waals surface area contributed by atoms with Crippen molar-refractivity contribution < 1.29 is 22.8 Å². The molecular formula is C23H27BrF3N3O2. The summed E-state index contributed by atoms with van der Waals surface area (Å²) in [4.78, 5) is 26.5. The Kier molecular flexibility index (Phi) is 5.55. The van der Waals surface area contributed by atoms with Gasteiger partial charge in [0.15, 0.2) is 0 Å². The van der Waals surface area contributed by atoms with E-state index in [9.17, 15) is 22.8 Å². The number of carbonyl (C=O) groups excluding carboxylic acids is 2. The Hall–Kier alpha value is -1.61. The first-order valence-electron chi connectivity index (χ1n) is 11.3. The average Bonchev–Trinajstić information content (AvgIpc) is 3.41. The van der Waals surface area contributed by atoms with E-state index in [1.54, 1.807) is 12.1 Å². The fourth-order valence-corrected chi connectivity index (χ4v) is 6.94. The van der Waals surface area contributed by atoms with Crippen molar-refractivity contribution in [1.82, 2.24) is 16.0 Å². The minimum absolute atomic E-state index is 0.00348. The lowest BCUT2D eigenvalue weighted by atomic mass is 9.78. The number of benzene rings is 1. The second-order valence-corrected chi connectivity index (χ2v) is 10.7. The van der Waals surface area contributed by atoms with Crippen LogP contribution in [0.4, 0.5) is 13.2 Å². The highest BCUT2D eigenvalue weighted by molar-refractivity contribution is 9.10. The highest BCUT2D eigenvalue weighted by Crippen LogP contribution is 2.74. The topological polar surface area (TPSA) is 70.2 Å². The summed E-state index contributed by atoms with van der Waals surface area (Å²) in [7, 11) is 0. The molecule has 5 rings (SSSR count). The van der Waals surface area contributed by atoms with E-state index in [0.29, 0.717) is 16.6 Å². The van der Waals surface area contributed by atoms with Gasteiger partial charge < -0.3 is 16.0 Å². The van der Waals surface area contributed by atoms with Crippen LogP contribution in [0.25, 0.3) is 0 Å². The average molecular weight is 514 g/mol. The molecule has 174 valence electrons. The van der Waals surface area contributed by atoms with Gasteiger partial charge in [-0.1, -0.05) is 22.0 Å². The zero-order chi connectivity index (χ0) is 22.7. The van der Waals surface area contributed by atoms with Crippen LogP contribution >= 0.6 is 15.9 Å². The molecule has 4 fully saturated rings. The Balaban J connectivity index is 1.33. The van der Waals surface area contributed by atoms with E-state index in [1.807, 2.05) is 0 Å². The quantitative estimate of drug-likeness (QED) is 0.565. The number of piperidine rings is 1. The fourth-order valence-electron chi connectivity index (χ4n) is 6.61. The first kappa shape index (κ1) is 22.2. The smallest absolute Gasteiger partial charge is 0.280 e. The molecule has 1 aliphatic heterocycles. The maximum atomic E-state index is 14.3. The van der Waals surface area contributed by atoms with Crippen molar-refractivity contribution in [2.24, 2.45) is 29.1 Å². The number of halogens is 4. The third-order valence-corrected chi connectivity index (χ3v) is 8.71. The molecule has 1 heterocycles. The molecule has 0 radical (unpaired) electrons. The van der Waals surface area contributed by atoms with Crippen LogP contribution in [0.2, 0.25) is 0 Å². The van der Waals surface area contributed by atoms with E-state index in [4.69, 9.17) is 0 Å². The van der Waals surface area contributed by atoms with Gasteiger partial charge in [-0.15, -0.1) is 0 Å². The minimum Gasteiger partial charge on any atom is -0.352 e. The Labute approximate surface area is 193 Å². The Morgan fingerprint density at radius 2 is 1.78 bits per heavy atom. The molecule has 5 atom stereocenters. The highest BCUT2D eigenvalue weighted by Gasteiger charge is 2.71. The lowest BCUT2D eigenvalue weighted by Gasteiger charge is -2.35. The zero-order valence-electron chi connectivity index (χ0n) is 17.6. The molecule has 3 aliphatic carbocycles. The van der Waals surface area contributed by atoms with E-state index in [0.717, 1.165) is 25.7 Å². The van der Waals surface area contributed by atoms with Gasteiger partial charge in [0.2, 0.25) is 11.8 Å². The van der Waals surface area contributed by atoms with E-state index in [2.05, 4.69) is 31.9 Å². The number of hydrogen-bond donors (Lipinski definition) is 3. The number of hydrogen-bond acceptors (Lipinski definition) is 3. The van der Waals surface area contributed by atoms with Gasteiger partial charge in [0.05, 0.1) is 24.4 Å².